The molecule has 3 nitrogen and oxygen atoms in total. The highest BCUT2D eigenvalue weighted by Gasteiger charge is 2.34. The number of hydrogen-bond acceptors (Lipinski definition) is 3. The molecule has 0 aliphatic heterocycles. The zero-order valence-corrected chi connectivity index (χ0v) is 13.3. The van der Waals surface area contributed by atoms with Crippen molar-refractivity contribution in [1.29, 1.82) is 0 Å². The van der Waals surface area contributed by atoms with Crippen molar-refractivity contribution in [3.05, 3.63) is 77.6 Å². The van der Waals surface area contributed by atoms with Gasteiger partial charge in [-0.05, 0) is 30.5 Å². The number of hydrogen-bond donors (Lipinski definition) is 1. The number of para-hydroxylation sites is 1. The number of nitrogens with two attached hydrogens (primary N) is 1. The fourth-order valence-corrected chi connectivity index (χ4v) is 2.58. The lowest BCUT2D eigenvalue weighted by atomic mass is 10.0. The van der Waals surface area contributed by atoms with Crippen molar-refractivity contribution in [1.82, 2.24) is 9.97 Å². The second-order valence-electron chi connectivity index (χ2n) is 5.62. The Morgan fingerprint density at radius 3 is 2.24 bits per heavy atom. The molecule has 2 N–H and O–H groups in total. The van der Waals surface area contributed by atoms with Gasteiger partial charge in [-0.3, -0.25) is 0 Å². The number of aromatic nitrogens is 2. The Morgan fingerprint density at radius 1 is 0.880 bits per heavy atom. The molecular formula is C19H16F3N3. The van der Waals surface area contributed by atoms with Crippen LogP contribution in [0.25, 0.3) is 11.4 Å². The molecule has 0 spiro atoms. The first kappa shape index (κ1) is 17.0. The number of halogens is 3. The molecule has 3 rings (SSSR count). The fourth-order valence-electron chi connectivity index (χ4n) is 2.58. The maximum Gasteiger partial charge on any atom is 0.419 e. The third kappa shape index (κ3) is 3.96. The number of rotatable bonds is 4. The van der Waals surface area contributed by atoms with Crippen LogP contribution in [0.2, 0.25) is 0 Å². The quantitative estimate of drug-likeness (QED) is 0.708. The average molecular weight is 343 g/mol. The van der Waals surface area contributed by atoms with Crippen LogP contribution in [0.4, 0.5) is 18.9 Å². The zero-order chi connectivity index (χ0) is 17.9. The van der Waals surface area contributed by atoms with Crippen LogP contribution in [0.3, 0.4) is 0 Å². The van der Waals surface area contributed by atoms with Gasteiger partial charge in [0.1, 0.15) is 0 Å². The van der Waals surface area contributed by atoms with Crippen molar-refractivity contribution in [2.75, 3.05) is 5.73 Å². The van der Waals surface area contributed by atoms with Gasteiger partial charge < -0.3 is 5.73 Å². The predicted molar refractivity (Wildman–Crippen MR) is 90.7 cm³/mol. The minimum absolute atomic E-state index is 0.0235. The number of anilines is 1. The fraction of sp³-hybridized carbons (Fsp3) is 0.158. The standard InChI is InChI=1S/C19H16F3N3/c20-19(21,22)15-12-24-18(14-8-4-5-9-16(14)23)25-17(15)11-10-13-6-2-1-3-7-13/h1-9,12H,10-11,23H2. The molecule has 0 radical (unpaired) electrons. The Kier molecular flexibility index (Phi) is 4.70. The van der Waals surface area contributed by atoms with Crippen molar-refractivity contribution < 1.29 is 13.2 Å². The number of nitrogen functional groups attached to an aromatic ring is 1. The molecule has 0 aliphatic rings. The van der Waals surface area contributed by atoms with Crippen LogP contribution in [-0.4, -0.2) is 9.97 Å². The van der Waals surface area contributed by atoms with Gasteiger partial charge in [0.25, 0.3) is 0 Å². The summed E-state index contributed by atoms with van der Waals surface area (Å²) in [6.45, 7) is 0. The lowest BCUT2D eigenvalue weighted by Crippen LogP contribution is -2.13. The van der Waals surface area contributed by atoms with E-state index in [0.717, 1.165) is 11.8 Å². The van der Waals surface area contributed by atoms with E-state index < -0.39 is 11.7 Å². The summed E-state index contributed by atoms with van der Waals surface area (Å²) in [5.41, 5.74) is 6.97. The molecule has 128 valence electrons. The monoisotopic (exact) mass is 343 g/mol. The van der Waals surface area contributed by atoms with E-state index in [1.165, 1.54) is 0 Å². The molecule has 3 aromatic rings. The van der Waals surface area contributed by atoms with Gasteiger partial charge in [-0.15, -0.1) is 0 Å². The topological polar surface area (TPSA) is 51.8 Å². The van der Waals surface area contributed by atoms with Gasteiger partial charge in [0.05, 0.1) is 11.3 Å². The van der Waals surface area contributed by atoms with Gasteiger partial charge in [0.15, 0.2) is 5.82 Å². The molecule has 0 unspecified atom stereocenters. The summed E-state index contributed by atoms with van der Waals surface area (Å²) in [5.74, 6) is 0.203. The third-order valence-corrected chi connectivity index (χ3v) is 3.87. The molecule has 0 aliphatic carbocycles. The average Bonchev–Trinajstić information content (AvgIpc) is 2.60. The lowest BCUT2D eigenvalue weighted by Gasteiger charge is -2.13. The van der Waals surface area contributed by atoms with Gasteiger partial charge >= 0.3 is 6.18 Å². The highest BCUT2D eigenvalue weighted by molar-refractivity contribution is 5.71. The zero-order valence-electron chi connectivity index (χ0n) is 13.3. The van der Waals surface area contributed by atoms with Gasteiger partial charge in [0, 0.05) is 17.4 Å². The minimum Gasteiger partial charge on any atom is -0.398 e. The summed E-state index contributed by atoms with van der Waals surface area (Å²) in [5, 5.41) is 0. The van der Waals surface area contributed by atoms with E-state index in [9.17, 15) is 13.2 Å². The Bertz CT molecular complexity index is 861. The maximum atomic E-state index is 13.3. The number of alkyl halides is 3. The molecule has 25 heavy (non-hydrogen) atoms. The molecule has 1 heterocycles. The molecule has 0 amide bonds. The number of benzene rings is 2. The molecule has 6 heteroatoms. The predicted octanol–water partition coefficient (Wildman–Crippen LogP) is 4.53. The normalized spacial score (nSPS) is 11.5. The summed E-state index contributed by atoms with van der Waals surface area (Å²) >= 11 is 0. The summed E-state index contributed by atoms with van der Waals surface area (Å²) in [7, 11) is 0. The summed E-state index contributed by atoms with van der Waals surface area (Å²) in [6.07, 6.45) is -3.02. The lowest BCUT2D eigenvalue weighted by molar-refractivity contribution is -0.138. The molecule has 2 aromatic carbocycles. The van der Waals surface area contributed by atoms with E-state index in [0.29, 0.717) is 17.7 Å². The SMILES string of the molecule is Nc1ccccc1-c1ncc(C(F)(F)F)c(CCc2ccccc2)n1. The Labute approximate surface area is 143 Å². The number of nitrogens with zero attached hydrogens (tertiary/aromatic N) is 2. The highest BCUT2D eigenvalue weighted by atomic mass is 19.4. The van der Waals surface area contributed by atoms with E-state index in [2.05, 4.69) is 9.97 Å². The van der Waals surface area contributed by atoms with E-state index >= 15 is 0 Å². The molecule has 0 saturated heterocycles. The second-order valence-corrected chi connectivity index (χ2v) is 5.62. The van der Waals surface area contributed by atoms with Gasteiger partial charge in [0.2, 0.25) is 0 Å². The van der Waals surface area contributed by atoms with Crippen LogP contribution in [0.5, 0.6) is 0 Å². The van der Waals surface area contributed by atoms with Crippen molar-refractivity contribution in [3.8, 4) is 11.4 Å². The van der Waals surface area contributed by atoms with Crippen molar-refractivity contribution >= 4 is 5.69 Å². The smallest absolute Gasteiger partial charge is 0.398 e. The highest BCUT2D eigenvalue weighted by Crippen LogP contribution is 2.33. The first-order chi connectivity index (χ1) is 11.9. The molecule has 0 fully saturated rings. The molecule has 0 atom stereocenters. The van der Waals surface area contributed by atoms with Crippen LogP contribution in [0.15, 0.2) is 60.8 Å². The van der Waals surface area contributed by atoms with E-state index in [4.69, 9.17) is 5.73 Å². The van der Waals surface area contributed by atoms with E-state index in [1.807, 2.05) is 30.3 Å². The maximum absolute atomic E-state index is 13.3. The molecular weight excluding hydrogens is 327 g/mol. The van der Waals surface area contributed by atoms with Gasteiger partial charge in [-0.25, -0.2) is 9.97 Å². The van der Waals surface area contributed by atoms with Crippen LogP contribution in [0, 0.1) is 0 Å². The van der Waals surface area contributed by atoms with Gasteiger partial charge in [-0.2, -0.15) is 13.2 Å². The van der Waals surface area contributed by atoms with Crippen molar-refractivity contribution in [3.63, 3.8) is 0 Å². The minimum atomic E-state index is -4.49. The molecule has 0 saturated carbocycles. The van der Waals surface area contributed by atoms with Crippen LogP contribution in [0.1, 0.15) is 16.8 Å². The Hall–Kier alpha value is -2.89. The first-order valence-corrected chi connectivity index (χ1v) is 7.77. The van der Waals surface area contributed by atoms with Crippen LogP contribution in [-0.2, 0) is 19.0 Å². The van der Waals surface area contributed by atoms with Crippen molar-refractivity contribution in [2.24, 2.45) is 0 Å². The van der Waals surface area contributed by atoms with Crippen LogP contribution >= 0.6 is 0 Å². The summed E-state index contributed by atoms with van der Waals surface area (Å²) < 4.78 is 39.8. The third-order valence-electron chi connectivity index (χ3n) is 3.87. The molecule has 0 bridgehead atoms. The van der Waals surface area contributed by atoms with Crippen LogP contribution < -0.4 is 5.73 Å². The summed E-state index contributed by atoms with van der Waals surface area (Å²) in [4.78, 5) is 8.05. The number of aryl methyl sites for hydroxylation is 2. The van der Waals surface area contributed by atoms with Gasteiger partial charge in [-0.1, -0.05) is 42.5 Å². The van der Waals surface area contributed by atoms with E-state index in [-0.39, 0.29) is 17.9 Å². The first-order valence-electron chi connectivity index (χ1n) is 7.77. The largest absolute Gasteiger partial charge is 0.419 e. The Balaban J connectivity index is 1.98. The van der Waals surface area contributed by atoms with Crippen molar-refractivity contribution in [2.45, 2.75) is 19.0 Å². The second kappa shape index (κ2) is 6.93. The Morgan fingerprint density at radius 2 is 1.56 bits per heavy atom. The molecule has 1 aromatic heterocycles. The summed E-state index contributed by atoms with van der Waals surface area (Å²) in [6, 6.07) is 16.2. The van der Waals surface area contributed by atoms with E-state index in [1.54, 1.807) is 24.3 Å².